The molecule has 1 aromatic rings. The number of amides is 1. The number of rotatable bonds is 4. The molecule has 8 heteroatoms. The third-order valence-corrected chi connectivity index (χ3v) is 2.30. The molecule has 3 N–H and O–H groups in total. The molecule has 0 spiro atoms. The first kappa shape index (κ1) is 16.6. The molecule has 0 saturated heterocycles. The number of halogens is 2. The van der Waals surface area contributed by atoms with Gasteiger partial charge in [-0.05, 0) is 13.0 Å². The van der Waals surface area contributed by atoms with Crippen molar-refractivity contribution in [2.24, 2.45) is 5.73 Å². The van der Waals surface area contributed by atoms with Crippen LogP contribution in [0.15, 0.2) is 18.2 Å². The van der Waals surface area contributed by atoms with Gasteiger partial charge < -0.3 is 11.1 Å². The topological polar surface area (TPSA) is 98.3 Å². The predicted molar refractivity (Wildman–Crippen MR) is 71.3 cm³/mol. The summed E-state index contributed by atoms with van der Waals surface area (Å²) in [7, 11) is 0. The fraction of sp³-hybridized carbons (Fsp3) is 0.300. The molecule has 0 aliphatic rings. The maximum absolute atomic E-state index is 11.7. The molecule has 1 rings (SSSR count). The van der Waals surface area contributed by atoms with Crippen LogP contribution in [-0.2, 0) is 0 Å². The first-order chi connectivity index (χ1) is 7.93. The largest absolute Gasteiger partial charge is 0.348 e. The molecule has 6 nitrogen and oxygen atoms in total. The van der Waals surface area contributed by atoms with Gasteiger partial charge in [0.2, 0.25) is 0 Å². The highest BCUT2D eigenvalue weighted by molar-refractivity contribution is 6.31. The van der Waals surface area contributed by atoms with Crippen LogP contribution >= 0.6 is 24.0 Å². The maximum Gasteiger partial charge on any atom is 0.271 e. The highest BCUT2D eigenvalue weighted by Gasteiger charge is 2.14. The number of nitrogens with one attached hydrogen (secondary N) is 1. The molecule has 0 unspecified atom stereocenters. The lowest BCUT2D eigenvalue weighted by atomic mass is 10.1. The molecule has 0 saturated carbocycles. The molecule has 1 aromatic carbocycles. The van der Waals surface area contributed by atoms with Gasteiger partial charge in [0, 0.05) is 35.3 Å². The molecule has 0 heterocycles. The Bertz CT molecular complexity index is 454. The van der Waals surface area contributed by atoms with Crippen molar-refractivity contribution >= 4 is 35.6 Å². The standard InChI is InChI=1S/C10H12ClN3O3.ClH/c1-6(5-12)13-10(15)7-2-8(11)4-9(3-7)14(16)17;/h2-4,6H,5,12H2,1H3,(H,13,15);1H/t6-;/m1./s1. The van der Waals surface area contributed by atoms with E-state index in [4.69, 9.17) is 17.3 Å². The van der Waals surface area contributed by atoms with Crippen molar-refractivity contribution in [2.75, 3.05) is 6.54 Å². The molecule has 0 fully saturated rings. The number of nitro groups is 1. The van der Waals surface area contributed by atoms with E-state index in [0.717, 1.165) is 0 Å². The minimum atomic E-state index is -0.602. The van der Waals surface area contributed by atoms with E-state index in [-0.39, 0.29) is 41.3 Å². The Morgan fingerprint density at radius 3 is 2.67 bits per heavy atom. The molecular formula is C10H13Cl2N3O3. The minimum Gasteiger partial charge on any atom is -0.348 e. The summed E-state index contributed by atoms with van der Waals surface area (Å²) >= 11 is 5.70. The van der Waals surface area contributed by atoms with Gasteiger partial charge in [-0.25, -0.2) is 0 Å². The van der Waals surface area contributed by atoms with Crippen molar-refractivity contribution in [1.29, 1.82) is 0 Å². The molecule has 0 radical (unpaired) electrons. The summed E-state index contributed by atoms with van der Waals surface area (Å²) in [5.74, 6) is -0.437. The summed E-state index contributed by atoms with van der Waals surface area (Å²) in [4.78, 5) is 21.7. The van der Waals surface area contributed by atoms with Crippen LogP contribution in [0, 0.1) is 10.1 Å². The minimum absolute atomic E-state index is 0. The first-order valence-electron chi connectivity index (χ1n) is 4.90. The van der Waals surface area contributed by atoms with Gasteiger partial charge in [0.15, 0.2) is 0 Å². The van der Waals surface area contributed by atoms with Crippen molar-refractivity contribution in [3.05, 3.63) is 38.9 Å². The van der Waals surface area contributed by atoms with Crippen molar-refractivity contribution in [2.45, 2.75) is 13.0 Å². The summed E-state index contributed by atoms with van der Waals surface area (Å²) in [5, 5.41) is 13.3. The molecule has 0 aliphatic heterocycles. The number of hydrogen-bond acceptors (Lipinski definition) is 4. The van der Waals surface area contributed by atoms with Crippen LogP contribution < -0.4 is 11.1 Å². The Morgan fingerprint density at radius 1 is 1.56 bits per heavy atom. The van der Waals surface area contributed by atoms with E-state index >= 15 is 0 Å². The number of hydrogen-bond donors (Lipinski definition) is 2. The number of benzene rings is 1. The molecule has 1 atom stereocenters. The summed E-state index contributed by atoms with van der Waals surface area (Å²) < 4.78 is 0. The van der Waals surface area contributed by atoms with E-state index in [1.165, 1.54) is 18.2 Å². The molecule has 0 aromatic heterocycles. The Morgan fingerprint density at radius 2 is 2.17 bits per heavy atom. The molecule has 100 valence electrons. The van der Waals surface area contributed by atoms with Gasteiger partial charge in [-0.15, -0.1) is 12.4 Å². The van der Waals surface area contributed by atoms with E-state index in [1.54, 1.807) is 6.92 Å². The Labute approximate surface area is 115 Å². The van der Waals surface area contributed by atoms with Crippen LogP contribution in [0.3, 0.4) is 0 Å². The monoisotopic (exact) mass is 293 g/mol. The van der Waals surface area contributed by atoms with Crippen LogP contribution in [0.1, 0.15) is 17.3 Å². The highest BCUT2D eigenvalue weighted by atomic mass is 35.5. The molecule has 0 bridgehead atoms. The van der Waals surface area contributed by atoms with Crippen molar-refractivity contribution in [3.63, 3.8) is 0 Å². The van der Waals surface area contributed by atoms with Crippen LogP contribution in [0.5, 0.6) is 0 Å². The molecule has 18 heavy (non-hydrogen) atoms. The normalized spacial score (nSPS) is 11.3. The Balaban J connectivity index is 0.00000289. The quantitative estimate of drug-likeness (QED) is 0.652. The highest BCUT2D eigenvalue weighted by Crippen LogP contribution is 2.20. The zero-order valence-corrected chi connectivity index (χ0v) is 11.1. The van der Waals surface area contributed by atoms with Gasteiger partial charge in [0.25, 0.3) is 11.6 Å². The first-order valence-corrected chi connectivity index (χ1v) is 5.27. The van der Waals surface area contributed by atoms with Gasteiger partial charge >= 0.3 is 0 Å². The maximum atomic E-state index is 11.7. The lowest BCUT2D eigenvalue weighted by molar-refractivity contribution is -0.384. The number of carbonyl (C=O) groups excluding carboxylic acids is 1. The molecular weight excluding hydrogens is 281 g/mol. The Kier molecular flexibility index (Phi) is 6.61. The lowest BCUT2D eigenvalue weighted by Gasteiger charge is -2.11. The number of nitrogens with zero attached hydrogens (tertiary/aromatic N) is 1. The van der Waals surface area contributed by atoms with E-state index in [9.17, 15) is 14.9 Å². The van der Waals surface area contributed by atoms with E-state index < -0.39 is 10.8 Å². The second-order valence-corrected chi connectivity index (χ2v) is 4.00. The van der Waals surface area contributed by atoms with Gasteiger partial charge in [-0.3, -0.25) is 14.9 Å². The second-order valence-electron chi connectivity index (χ2n) is 3.57. The van der Waals surface area contributed by atoms with E-state index in [2.05, 4.69) is 5.32 Å². The van der Waals surface area contributed by atoms with Gasteiger partial charge in [-0.2, -0.15) is 0 Å². The number of carbonyl (C=O) groups is 1. The summed E-state index contributed by atoms with van der Waals surface area (Å²) in [5.41, 5.74) is 5.28. The second kappa shape index (κ2) is 7.15. The molecule has 1 amide bonds. The fourth-order valence-electron chi connectivity index (χ4n) is 1.18. The zero-order valence-electron chi connectivity index (χ0n) is 9.55. The number of nitro benzene ring substituents is 1. The summed E-state index contributed by atoms with van der Waals surface area (Å²) in [6.45, 7) is 2.02. The number of nitrogens with two attached hydrogens (primary N) is 1. The van der Waals surface area contributed by atoms with Crippen LogP contribution in [0.25, 0.3) is 0 Å². The van der Waals surface area contributed by atoms with Crippen LogP contribution in [-0.4, -0.2) is 23.4 Å². The van der Waals surface area contributed by atoms with Gasteiger partial charge in [0.05, 0.1) is 4.92 Å². The lowest BCUT2D eigenvalue weighted by Crippen LogP contribution is -2.37. The fourth-order valence-corrected chi connectivity index (χ4v) is 1.41. The predicted octanol–water partition coefficient (Wildman–Crippen LogP) is 1.75. The summed E-state index contributed by atoms with van der Waals surface area (Å²) in [6.07, 6.45) is 0. The van der Waals surface area contributed by atoms with Gasteiger partial charge in [0.1, 0.15) is 0 Å². The molecule has 0 aliphatic carbocycles. The van der Waals surface area contributed by atoms with Crippen LogP contribution in [0.4, 0.5) is 5.69 Å². The zero-order chi connectivity index (χ0) is 13.0. The van der Waals surface area contributed by atoms with Crippen molar-refractivity contribution < 1.29 is 9.72 Å². The van der Waals surface area contributed by atoms with Crippen LogP contribution in [0.2, 0.25) is 5.02 Å². The average molecular weight is 294 g/mol. The Hall–Kier alpha value is -1.37. The average Bonchev–Trinajstić information content (AvgIpc) is 2.27. The van der Waals surface area contributed by atoms with E-state index in [0.29, 0.717) is 0 Å². The third kappa shape index (κ3) is 4.48. The smallest absolute Gasteiger partial charge is 0.271 e. The van der Waals surface area contributed by atoms with Crippen molar-refractivity contribution in [1.82, 2.24) is 5.32 Å². The SMILES string of the molecule is C[C@H](CN)NC(=O)c1cc(Cl)cc([N+](=O)[O-])c1.Cl. The number of non-ortho nitro benzene ring substituents is 1. The summed E-state index contributed by atoms with van der Waals surface area (Å²) in [6, 6.07) is 3.52. The van der Waals surface area contributed by atoms with E-state index in [1.807, 2.05) is 0 Å². The van der Waals surface area contributed by atoms with Crippen molar-refractivity contribution in [3.8, 4) is 0 Å². The third-order valence-electron chi connectivity index (χ3n) is 2.09. The van der Waals surface area contributed by atoms with Gasteiger partial charge in [-0.1, -0.05) is 11.6 Å².